The van der Waals surface area contributed by atoms with Gasteiger partial charge in [-0.05, 0) is 30.5 Å². The largest absolute Gasteiger partial charge is 0.355 e. The van der Waals surface area contributed by atoms with Crippen molar-refractivity contribution in [1.82, 2.24) is 15.5 Å². The highest BCUT2D eigenvalue weighted by molar-refractivity contribution is 5.92. The Morgan fingerprint density at radius 1 is 0.839 bits per heavy atom. The molecule has 0 aliphatic carbocycles. The average molecular weight is 423 g/mol. The second-order valence-electron chi connectivity index (χ2n) is 7.79. The summed E-state index contributed by atoms with van der Waals surface area (Å²) in [6, 6.07) is 19.1. The van der Waals surface area contributed by atoms with Gasteiger partial charge in [-0.15, -0.1) is 0 Å². The quantitative estimate of drug-likeness (QED) is 0.576. The molecule has 0 spiro atoms. The highest BCUT2D eigenvalue weighted by Gasteiger charge is 2.22. The average Bonchev–Trinajstić information content (AvgIpc) is 2.76. The van der Waals surface area contributed by atoms with Gasteiger partial charge in [0.1, 0.15) is 0 Å². The third-order valence-electron chi connectivity index (χ3n) is 5.26. The minimum atomic E-state index is -0.0823. The van der Waals surface area contributed by atoms with Crippen LogP contribution in [0, 0.1) is 0 Å². The Morgan fingerprint density at radius 2 is 1.48 bits per heavy atom. The molecule has 1 heterocycles. The van der Waals surface area contributed by atoms with E-state index < -0.39 is 0 Å². The summed E-state index contributed by atoms with van der Waals surface area (Å²) in [6.07, 6.45) is 2.20. The van der Waals surface area contributed by atoms with Crippen LogP contribution < -0.4 is 16.0 Å². The summed E-state index contributed by atoms with van der Waals surface area (Å²) in [5.41, 5.74) is 1.75. The highest BCUT2D eigenvalue weighted by Crippen LogP contribution is 2.11. The molecule has 3 N–H and O–H groups in total. The number of rotatable bonds is 9. The Bertz CT molecular complexity index is 850. The Hall–Kier alpha value is -3.19. The second kappa shape index (κ2) is 11.9. The van der Waals surface area contributed by atoms with Gasteiger partial charge in [0.25, 0.3) is 0 Å². The van der Waals surface area contributed by atoms with Gasteiger partial charge in [0, 0.05) is 37.8 Å². The van der Waals surface area contributed by atoms with E-state index in [2.05, 4.69) is 20.9 Å². The second-order valence-corrected chi connectivity index (χ2v) is 7.79. The molecule has 0 atom stereocenters. The van der Waals surface area contributed by atoms with Crippen molar-refractivity contribution < 1.29 is 14.4 Å². The van der Waals surface area contributed by atoms with Crippen LogP contribution in [0.2, 0.25) is 0 Å². The summed E-state index contributed by atoms with van der Waals surface area (Å²) in [4.78, 5) is 38.4. The molecule has 3 amide bonds. The van der Waals surface area contributed by atoms with E-state index >= 15 is 0 Å². The fourth-order valence-corrected chi connectivity index (χ4v) is 3.62. The molecule has 1 saturated heterocycles. The molecular formula is C24H30N4O3. The Labute approximate surface area is 183 Å². The fourth-order valence-electron chi connectivity index (χ4n) is 3.62. The Morgan fingerprint density at radius 3 is 2.16 bits per heavy atom. The van der Waals surface area contributed by atoms with Crippen LogP contribution >= 0.6 is 0 Å². The standard InChI is InChI=1S/C24H30N4O3/c29-22(11-14-25-23(30)17-19-7-3-1-4-8-19)26-21-12-15-28(16-13-21)18-24(31)27-20-9-5-2-6-10-20/h1-10,21H,11-18H2,(H,25,30)(H,26,29)(H,27,31). The lowest BCUT2D eigenvalue weighted by Gasteiger charge is -2.31. The third-order valence-corrected chi connectivity index (χ3v) is 5.26. The molecule has 31 heavy (non-hydrogen) atoms. The van der Waals surface area contributed by atoms with E-state index in [1.807, 2.05) is 60.7 Å². The van der Waals surface area contributed by atoms with Crippen molar-refractivity contribution in [1.29, 1.82) is 0 Å². The van der Waals surface area contributed by atoms with E-state index in [0.717, 1.165) is 37.2 Å². The van der Waals surface area contributed by atoms with Crippen LogP contribution in [-0.2, 0) is 20.8 Å². The number of para-hydroxylation sites is 1. The number of hydrogen-bond acceptors (Lipinski definition) is 4. The van der Waals surface area contributed by atoms with Crippen LogP contribution in [0.1, 0.15) is 24.8 Å². The molecule has 7 nitrogen and oxygen atoms in total. The maximum absolute atomic E-state index is 12.2. The van der Waals surface area contributed by atoms with Crippen molar-refractivity contribution in [2.24, 2.45) is 0 Å². The van der Waals surface area contributed by atoms with Gasteiger partial charge in [0.15, 0.2) is 0 Å². The SMILES string of the molecule is O=C(Cc1ccccc1)NCCC(=O)NC1CCN(CC(=O)Nc2ccccc2)CC1. The first-order chi connectivity index (χ1) is 15.1. The van der Waals surface area contributed by atoms with E-state index in [-0.39, 0.29) is 30.2 Å². The summed E-state index contributed by atoms with van der Waals surface area (Å²) in [6.45, 7) is 2.21. The molecule has 0 aromatic heterocycles. The van der Waals surface area contributed by atoms with E-state index in [9.17, 15) is 14.4 Å². The Balaban J connectivity index is 1.27. The first kappa shape index (κ1) is 22.5. The third kappa shape index (κ3) is 8.22. The van der Waals surface area contributed by atoms with Gasteiger partial charge in [0.2, 0.25) is 17.7 Å². The number of amides is 3. The van der Waals surface area contributed by atoms with E-state index in [1.54, 1.807) is 0 Å². The summed E-state index contributed by atoms with van der Waals surface area (Å²) in [5, 5.41) is 8.73. The number of likely N-dealkylation sites (tertiary alicyclic amines) is 1. The van der Waals surface area contributed by atoms with Crippen LogP contribution in [0.25, 0.3) is 0 Å². The summed E-state index contributed by atoms with van der Waals surface area (Å²) < 4.78 is 0. The van der Waals surface area contributed by atoms with Gasteiger partial charge >= 0.3 is 0 Å². The molecule has 0 unspecified atom stereocenters. The minimum absolute atomic E-state index is 0.0278. The molecule has 1 fully saturated rings. The van der Waals surface area contributed by atoms with Crippen LogP contribution in [0.15, 0.2) is 60.7 Å². The Kier molecular flexibility index (Phi) is 8.60. The maximum atomic E-state index is 12.2. The van der Waals surface area contributed by atoms with Gasteiger partial charge in [-0.3, -0.25) is 19.3 Å². The van der Waals surface area contributed by atoms with Crippen molar-refractivity contribution in [2.45, 2.75) is 31.7 Å². The molecule has 0 saturated carbocycles. The lowest BCUT2D eigenvalue weighted by molar-refractivity contribution is -0.123. The first-order valence-corrected chi connectivity index (χ1v) is 10.8. The monoisotopic (exact) mass is 422 g/mol. The summed E-state index contributed by atoms with van der Waals surface area (Å²) >= 11 is 0. The number of carbonyl (C=O) groups is 3. The van der Waals surface area contributed by atoms with Crippen molar-refractivity contribution in [3.63, 3.8) is 0 Å². The summed E-state index contributed by atoms with van der Waals surface area (Å²) in [5.74, 6) is -0.165. The molecule has 7 heteroatoms. The number of hydrogen-bond donors (Lipinski definition) is 3. The molecule has 1 aliphatic rings. The fraction of sp³-hybridized carbons (Fsp3) is 0.375. The van der Waals surface area contributed by atoms with Crippen molar-refractivity contribution in [3.8, 4) is 0 Å². The molecule has 164 valence electrons. The van der Waals surface area contributed by atoms with Gasteiger partial charge in [-0.1, -0.05) is 48.5 Å². The zero-order valence-electron chi connectivity index (χ0n) is 17.7. The van der Waals surface area contributed by atoms with Crippen LogP contribution in [0.3, 0.4) is 0 Å². The lowest BCUT2D eigenvalue weighted by Crippen LogP contribution is -2.47. The topological polar surface area (TPSA) is 90.5 Å². The molecule has 0 radical (unpaired) electrons. The van der Waals surface area contributed by atoms with Crippen LogP contribution in [-0.4, -0.2) is 54.8 Å². The van der Waals surface area contributed by atoms with Crippen molar-refractivity contribution in [2.75, 3.05) is 31.5 Å². The lowest BCUT2D eigenvalue weighted by atomic mass is 10.0. The molecule has 1 aliphatic heterocycles. The van der Waals surface area contributed by atoms with Gasteiger partial charge in [-0.2, -0.15) is 0 Å². The van der Waals surface area contributed by atoms with Crippen LogP contribution in [0.4, 0.5) is 5.69 Å². The predicted octanol–water partition coefficient (Wildman–Crippen LogP) is 1.95. The molecule has 2 aromatic rings. The van der Waals surface area contributed by atoms with E-state index in [1.165, 1.54) is 0 Å². The van der Waals surface area contributed by atoms with E-state index in [4.69, 9.17) is 0 Å². The first-order valence-electron chi connectivity index (χ1n) is 10.8. The molecular weight excluding hydrogens is 392 g/mol. The smallest absolute Gasteiger partial charge is 0.238 e. The number of anilines is 1. The number of benzene rings is 2. The normalized spacial score (nSPS) is 14.6. The molecule has 0 bridgehead atoms. The minimum Gasteiger partial charge on any atom is -0.355 e. The van der Waals surface area contributed by atoms with Crippen molar-refractivity contribution in [3.05, 3.63) is 66.2 Å². The highest BCUT2D eigenvalue weighted by atomic mass is 16.2. The van der Waals surface area contributed by atoms with Gasteiger partial charge in [0.05, 0.1) is 13.0 Å². The molecule has 2 aromatic carbocycles. The van der Waals surface area contributed by atoms with Gasteiger partial charge < -0.3 is 16.0 Å². The van der Waals surface area contributed by atoms with Crippen molar-refractivity contribution >= 4 is 23.4 Å². The number of carbonyl (C=O) groups excluding carboxylic acids is 3. The van der Waals surface area contributed by atoms with Crippen LogP contribution in [0.5, 0.6) is 0 Å². The number of nitrogens with zero attached hydrogens (tertiary/aromatic N) is 1. The molecule has 3 rings (SSSR count). The number of piperidine rings is 1. The zero-order valence-corrected chi connectivity index (χ0v) is 17.7. The number of nitrogens with one attached hydrogen (secondary N) is 3. The van der Waals surface area contributed by atoms with E-state index in [0.29, 0.717) is 19.5 Å². The van der Waals surface area contributed by atoms with Gasteiger partial charge in [-0.25, -0.2) is 0 Å². The predicted molar refractivity (Wildman–Crippen MR) is 120 cm³/mol. The summed E-state index contributed by atoms with van der Waals surface area (Å²) in [7, 11) is 0. The zero-order chi connectivity index (χ0) is 21.9. The maximum Gasteiger partial charge on any atom is 0.238 e.